The van der Waals surface area contributed by atoms with Crippen molar-refractivity contribution in [3.8, 4) is 0 Å². The van der Waals surface area contributed by atoms with Gasteiger partial charge in [-0.25, -0.2) is 4.98 Å². The number of carbonyl (C=O) groups excluding carboxylic acids is 1. The number of fused-ring (bicyclic) bond motifs is 1. The zero-order valence-corrected chi connectivity index (χ0v) is 31.3. The summed E-state index contributed by atoms with van der Waals surface area (Å²) in [6.45, 7) is 24.8. The second-order valence-electron chi connectivity index (χ2n) is 12.8. The van der Waals surface area contributed by atoms with Crippen molar-refractivity contribution >= 4 is 77.4 Å². The standard InChI is InChI=1S/C31H42Cl2N4O.I2/c1-17-18(2)20(4)26-25(19(17)3)35-24(36-26)15-34-27(38)31(11)29(7,8)28(5,6)30(9,10)37(31)16-21-12-13-22(32)14-23(21)33;1-2/h12-14H,15-16H2,1-11H3,(H,34,38)(H,35,36);. The number of H-pyrrole nitrogens is 1. The Hall–Kier alpha value is -0.620. The van der Waals surface area contributed by atoms with Crippen LogP contribution in [0.4, 0.5) is 0 Å². The molecule has 0 radical (unpaired) electrons. The smallest absolute Gasteiger partial charge is 0.241 e. The van der Waals surface area contributed by atoms with Crippen LogP contribution in [0.1, 0.15) is 82.1 Å². The van der Waals surface area contributed by atoms with Gasteiger partial charge in [-0.2, -0.15) is 0 Å². The molecule has 2 aromatic carbocycles. The van der Waals surface area contributed by atoms with Crippen molar-refractivity contribution in [1.82, 2.24) is 20.2 Å². The molecule has 0 aliphatic carbocycles. The third-order valence-corrected chi connectivity index (χ3v) is 11.5. The van der Waals surface area contributed by atoms with E-state index in [1.165, 1.54) is 22.3 Å². The number of nitrogens with one attached hydrogen (secondary N) is 2. The van der Waals surface area contributed by atoms with E-state index < -0.39 is 5.54 Å². The molecule has 1 fully saturated rings. The monoisotopic (exact) mass is 810 g/mol. The second-order valence-corrected chi connectivity index (χ2v) is 13.6. The van der Waals surface area contributed by atoms with Crippen LogP contribution in [0.5, 0.6) is 0 Å². The van der Waals surface area contributed by atoms with Crippen LogP contribution in [-0.2, 0) is 17.9 Å². The number of benzene rings is 2. The zero-order chi connectivity index (χ0) is 30.6. The first-order chi connectivity index (χ1) is 18.4. The number of imidazole rings is 1. The van der Waals surface area contributed by atoms with E-state index in [1.54, 1.807) is 6.07 Å². The number of halogens is 4. The predicted octanol–water partition coefficient (Wildman–Crippen LogP) is 9.60. The average molecular weight is 811 g/mol. The predicted molar refractivity (Wildman–Crippen MR) is 187 cm³/mol. The number of likely N-dealkylation sites (tertiary alicyclic amines) is 1. The van der Waals surface area contributed by atoms with E-state index in [9.17, 15) is 4.79 Å². The summed E-state index contributed by atoms with van der Waals surface area (Å²) in [6.07, 6.45) is 0. The number of rotatable bonds is 5. The van der Waals surface area contributed by atoms with Crippen LogP contribution in [0.25, 0.3) is 11.0 Å². The highest BCUT2D eigenvalue weighted by atomic mass is 128. The maximum atomic E-state index is 14.3. The minimum atomic E-state index is -0.825. The molecule has 1 atom stereocenters. The van der Waals surface area contributed by atoms with Crippen molar-refractivity contribution in [2.75, 3.05) is 0 Å². The van der Waals surface area contributed by atoms with Crippen molar-refractivity contribution in [2.24, 2.45) is 10.8 Å². The lowest BCUT2D eigenvalue weighted by Gasteiger charge is -2.46. The van der Waals surface area contributed by atoms with Gasteiger partial charge >= 0.3 is 0 Å². The number of hydrogen-bond donors (Lipinski definition) is 2. The first kappa shape index (κ1) is 33.9. The van der Waals surface area contributed by atoms with Crippen molar-refractivity contribution in [3.05, 3.63) is 61.9 Å². The van der Waals surface area contributed by atoms with Crippen molar-refractivity contribution in [3.63, 3.8) is 0 Å². The molecule has 1 amide bonds. The highest BCUT2D eigenvalue weighted by Gasteiger charge is 2.71. The lowest BCUT2D eigenvalue weighted by atomic mass is 9.57. The summed E-state index contributed by atoms with van der Waals surface area (Å²) in [5, 5.41) is 4.46. The van der Waals surface area contributed by atoms with Crippen molar-refractivity contribution in [2.45, 2.75) is 100 Å². The molecule has 40 heavy (non-hydrogen) atoms. The lowest BCUT2D eigenvalue weighted by molar-refractivity contribution is -0.139. The molecule has 1 saturated heterocycles. The van der Waals surface area contributed by atoms with E-state index in [4.69, 9.17) is 28.2 Å². The summed E-state index contributed by atoms with van der Waals surface area (Å²) in [6, 6.07) is 5.58. The number of aromatic amines is 1. The Morgan fingerprint density at radius 2 is 1.50 bits per heavy atom. The minimum Gasteiger partial charge on any atom is -0.347 e. The molecular formula is C31H42Cl2I2N4O. The fourth-order valence-electron chi connectivity index (χ4n) is 6.50. The summed E-state index contributed by atoms with van der Waals surface area (Å²) in [5.41, 5.74) is 6.17. The van der Waals surface area contributed by atoms with Crippen LogP contribution in [0, 0.1) is 38.5 Å². The first-order valence-electron chi connectivity index (χ1n) is 13.5. The SMILES string of the molecule is Cc1c(C)c(C)c2[nH]c(CNC(=O)C3(C)N(Cc4ccc(Cl)cc4Cl)C(C)(C)C(C)(C)C3(C)C)nc2c1C.II. The highest BCUT2D eigenvalue weighted by Crippen LogP contribution is 2.64. The van der Waals surface area contributed by atoms with Gasteiger partial charge in [0.15, 0.2) is 0 Å². The van der Waals surface area contributed by atoms with Gasteiger partial charge in [0.2, 0.25) is 5.91 Å². The number of hydrogen-bond acceptors (Lipinski definition) is 3. The number of nitrogens with zero attached hydrogens (tertiary/aromatic N) is 2. The summed E-state index contributed by atoms with van der Waals surface area (Å²) in [4.78, 5) is 25.0. The zero-order valence-electron chi connectivity index (χ0n) is 25.5. The third kappa shape index (κ3) is 5.11. The molecule has 1 aromatic heterocycles. The molecule has 5 nitrogen and oxygen atoms in total. The van der Waals surface area contributed by atoms with Crippen LogP contribution in [0.2, 0.25) is 10.0 Å². The Kier molecular flexibility index (Phi) is 10.0. The molecule has 4 rings (SSSR count). The number of carbonyl (C=O) groups is 1. The molecular weight excluding hydrogens is 769 g/mol. The molecule has 2 heterocycles. The number of amides is 1. The quantitative estimate of drug-likeness (QED) is 0.253. The van der Waals surface area contributed by atoms with Gasteiger partial charge in [0.1, 0.15) is 11.4 Å². The Morgan fingerprint density at radius 1 is 0.925 bits per heavy atom. The molecule has 0 bridgehead atoms. The van der Waals surface area contributed by atoms with E-state index in [0.717, 1.165) is 22.4 Å². The Labute approximate surface area is 273 Å². The van der Waals surface area contributed by atoms with Gasteiger partial charge in [-0.05, 0) is 99.2 Å². The van der Waals surface area contributed by atoms with Crippen LogP contribution in [-0.4, -0.2) is 31.9 Å². The van der Waals surface area contributed by atoms with Crippen molar-refractivity contribution in [1.29, 1.82) is 0 Å². The number of aromatic nitrogens is 2. The van der Waals surface area contributed by atoms with E-state index in [0.29, 0.717) is 23.1 Å². The van der Waals surface area contributed by atoms with Gasteiger partial charge in [0.05, 0.1) is 17.6 Å². The summed E-state index contributed by atoms with van der Waals surface area (Å²) in [5.74, 6) is 0.738. The van der Waals surface area contributed by atoms with E-state index in [-0.39, 0.29) is 22.3 Å². The maximum absolute atomic E-state index is 14.3. The normalized spacial score (nSPS) is 21.3. The molecule has 1 aliphatic heterocycles. The van der Waals surface area contributed by atoms with Crippen molar-refractivity contribution < 1.29 is 4.79 Å². The average Bonchev–Trinajstić information content (AvgIpc) is 3.36. The van der Waals surface area contributed by atoms with Gasteiger partial charge in [-0.3, -0.25) is 9.69 Å². The Bertz CT molecular complexity index is 1400. The lowest BCUT2D eigenvalue weighted by Crippen LogP contribution is -2.61. The topological polar surface area (TPSA) is 61.0 Å². The third-order valence-electron chi connectivity index (χ3n) is 10.9. The minimum absolute atomic E-state index is 0.0208. The molecule has 9 heteroatoms. The summed E-state index contributed by atoms with van der Waals surface area (Å²) in [7, 11) is 0. The Morgan fingerprint density at radius 3 is 2.08 bits per heavy atom. The van der Waals surface area contributed by atoms with Crippen LogP contribution in [0.3, 0.4) is 0 Å². The number of aryl methyl sites for hydroxylation is 2. The van der Waals surface area contributed by atoms with Gasteiger partial charge in [-0.15, -0.1) is 0 Å². The fourth-order valence-corrected chi connectivity index (χ4v) is 6.97. The van der Waals surface area contributed by atoms with Crippen LogP contribution in [0.15, 0.2) is 18.2 Å². The highest BCUT2D eigenvalue weighted by molar-refractivity contribution is 15.0. The Balaban J connectivity index is 0.00000216. The molecule has 0 spiro atoms. The van der Waals surface area contributed by atoms with Gasteiger partial charge < -0.3 is 10.3 Å². The molecule has 1 aliphatic rings. The van der Waals surface area contributed by atoms with E-state index in [2.05, 4.69) is 129 Å². The molecule has 220 valence electrons. The molecule has 2 N–H and O–H groups in total. The van der Waals surface area contributed by atoms with Crippen LogP contribution < -0.4 is 5.32 Å². The molecule has 1 unspecified atom stereocenters. The van der Waals surface area contributed by atoms with Crippen LogP contribution >= 0.6 is 60.4 Å². The molecule has 3 aromatic rings. The fraction of sp³-hybridized carbons (Fsp3) is 0.548. The summed E-state index contributed by atoms with van der Waals surface area (Å²) < 4.78 is 0. The summed E-state index contributed by atoms with van der Waals surface area (Å²) >= 11 is 17.0. The second kappa shape index (κ2) is 11.8. The van der Waals surface area contributed by atoms with E-state index in [1.807, 2.05) is 12.1 Å². The largest absolute Gasteiger partial charge is 0.347 e. The van der Waals surface area contributed by atoms with Gasteiger partial charge in [0.25, 0.3) is 0 Å². The van der Waals surface area contributed by atoms with Gasteiger partial charge in [0, 0.05) is 59.4 Å². The molecule has 0 saturated carbocycles. The van der Waals surface area contributed by atoms with E-state index >= 15 is 0 Å². The van der Waals surface area contributed by atoms with Gasteiger partial charge in [-0.1, -0.05) is 57.0 Å². The maximum Gasteiger partial charge on any atom is 0.241 e. The first-order valence-corrected chi connectivity index (χ1v) is 20.5.